The zero-order valence-electron chi connectivity index (χ0n) is 13.2. The third kappa shape index (κ3) is 5.14. The number of ketones is 1. The maximum atomic E-state index is 11.4. The second-order valence-corrected chi connectivity index (χ2v) is 5.02. The molecule has 0 aliphatic rings. The summed E-state index contributed by atoms with van der Waals surface area (Å²) in [6, 6.07) is 13.7. The number of azo groups is 1. The van der Waals surface area contributed by atoms with Gasteiger partial charge in [0.1, 0.15) is 5.75 Å². The van der Waals surface area contributed by atoms with E-state index in [4.69, 9.17) is 4.74 Å². The van der Waals surface area contributed by atoms with E-state index in [0.717, 1.165) is 6.42 Å². The number of benzene rings is 2. The summed E-state index contributed by atoms with van der Waals surface area (Å²) < 4.78 is 5.16. The second kappa shape index (κ2) is 7.98. The van der Waals surface area contributed by atoms with Gasteiger partial charge in [0.05, 0.1) is 11.4 Å². The average Bonchev–Trinajstić information content (AvgIpc) is 2.55. The number of nitrogens with zero attached hydrogens (tertiary/aromatic N) is 2. The molecule has 2 aromatic carbocycles. The van der Waals surface area contributed by atoms with Crippen molar-refractivity contribution in [3.05, 3.63) is 54.1 Å². The molecule has 0 atom stereocenters. The molecule has 0 unspecified atom stereocenters. The monoisotopic (exact) mass is 310 g/mol. The maximum Gasteiger partial charge on any atom is 0.311 e. The molecule has 0 heterocycles. The molecule has 0 spiro atoms. The Bertz CT molecular complexity index is 704. The van der Waals surface area contributed by atoms with Crippen LogP contribution in [0.4, 0.5) is 11.4 Å². The molecule has 0 aliphatic heterocycles. The standard InChI is InChI=1S/C18H18N2O3/c1-3-4-18(22)23-17-11-9-16(10-12-17)20-19-15-7-5-14(6-8-15)13(2)21/h5-12H,3-4H2,1-2H3. The minimum absolute atomic E-state index is 0.0155. The van der Waals surface area contributed by atoms with E-state index >= 15 is 0 Å². The first kappa shape index (κ1) is 16.5. The van der Waals surface area contributed by atoms with E-state index in [1.54, 1.807) is 48.5 Å². The predicted octanol–water partition coefficient (Wildman–Crippen LogP) is 5.01. The van der Waals surface area contributed by atoms with Gasteiger partial charge in [0.15, 0.2) is 5.78 Å². The van der Waals surface area contributed by atoms with Gasteiger partial charge in [-0.1, -0.05) is 6.92 Å². The number of Topliss-reactive ketones (excluding diaryl/α,β-unsaturated/α-hetero) is 1. The van der Waals surface area contributed by atoms with Gasteiger partial charge >= 0.3 is 5.97 Å². The number of carbonyl (C=O) groups is 2. The highest BCUT2D eigenvalue weighted by Crippen LogP contribution is 2.22. The Morgan fingerprint density at radius 2 is 1.43 bits per heavy atom. The van der Waals surface area contributed by atoms with Crippen molar-refractivity contribution in [2.24, 2.45) is 10.2 Å². The van der Waals surface area contributed by atoms with Gasteiger partial charge in [0.25, 0.3) is 0 Å². The van der Waals surface area contributed by atoms with Crippen molar-refractivity contribution in [3.8, 4) is 5.75 Å². The molecule has 5 heteroatoms. The van der Waals surface area contributed by atoms with E-state index < -0.39 is 0 Å². The van der Waals surface area contributed by atoms with Crippen LogP contribution in [-0.2, 0) is 4.79 Å². The second-order valence-electron chi connectivity index (χ2n) is 5.02. The number of hydrogen-bond donors (Lipinski definition) is 0. The molecule has 0 N–H and O–H groups in total. The minimum atomic E-state index is -0.243. The van der Waals surface area contributed by atoms with Crippen LogP contribution in [0.1, 0.15) is 37.0 Å². The number of ether oxygens (including phenoxy) is 1. The van der Waals surface area contributed by atoms with Crippen LogP contribution in [0.5, 0.6) is 5.75 Å². The zero-order valence-corrected chi connectivity index (χ0v) is 13.2. The highest BCUT2D eigenvalue weighted by atomic mass is 16.5. The van der Waals surface area contributed by atoms with Gasteiger partial charge < -0.3 is 4.74 Å². The lowest BCUT2D eigenvalue weighted by Crippen LogP contribution is -2.06. The Hall–Kier alpha value is -2.82. The summed E-state index contributed by atoms with van der Waals surface area (Å²) in [5.41, 5.74) is 1.95. The average molecular weight is 310 g/mol. The van der Waals surface area contributed by atoms with Crippen molar-refractivity contribution >= 4 is 23.1 Å². The van der Waals surface area contributed by atoms with Gasteiger partial charge in [0, 0.05) is 12.0 Å². The van der Waals surface area contributed by atoms with Gasteiger partial charge in [-0.2, -0.15) is 10.2 Å². The van der Waals surface area contributed by atoms with Crippen molar-refractivity contribution in [2.75, 3.05) is 0 Å². The molecule has 0 aromatic heterocycles. The fourth-order valence-electron chi connectivity index (χ4n) is 1.85. The zero-order chi connectivity index (χ0) is 16.7. The van der Waals surface area contributed by atoms with Crippen LogP contribution >= 0.6 is 0 Å². The molecular weight excluding hydrogens is 292 g/mol. The third-order valence-electron chi connectivity index (χ3n) is 3.08. The number of hydrogen-bond acceptors (Lipinski definition) is 5. The molecule has 2 rings (SSSR count). The lowest BCUT2D eigenvalue weighted by atomic mass is 10.1. The van der Waals surface area contributed by atoms with E-state index in [1.807, 2.05) is 6.92 Å². The van der Waals surface area contributed by atoms with Crippen molar-refractivity contribution in [1.82, 2.24) is 0 Å². The van der Waals surface area contributed by atoms with Gasteiger partial charge in [-0.25, -0.2) is 0 Å². The van der Waals surface area contributed by atoms with E-state index in [9.17, 15) is 9.59 Å². The summed E-state index contributed by atoms with van der Waals surface area (Å²) in [5.74, 6) is 0.266. The number of rotatable bonds is 6. The van der Waals surface area contributed by atoms with E-state index in [-0.39, 0.29) is 11.8 Å². The molecule has 0 amide bonds. The van der Waals surface area contributed by atoms with Crippen LogP contribution in [0.15, 0.2) is 58.8 Å². The first-order chi connectivity index (χ1) is 11.1. The Morgan fingerprint density at radius 1 is 0.913 bits per heavy atom. The summed E-state index contributed by atoms with van der Waals surface area (Å²) in [5, 5.41) is 8.21. The van der Waals surface area contributed by atoms with E-state index in [1.165, 1.54) is 6.92 Å². The quantitative estimate of drug-likeness (QED) is 0.326. The molecule has 0 bridgehead atoms. The van der Waals surface area contributed by atoms with Crippen LogP contribution in [0, 0.1) is 0 Å². The van der Waals surface area contributed by atoms with Gasteiger partial charge in [-0.15, -0.1) is 0 Å². The summed E-state index contributed by atoms with van der Waals surface area (Å²) in [4.78, 5) is 22.6. The Kier molecular flexibility index (Phi) is 5.74. The first-order valence-corrected chi connectivity index (χ1v) is 7.42. The largest absolute Gasteiger partial charge is 0.427 e. The van der Waals surface area contributed by atoms with Crippen molar-refractivity contribution < 1.29 is 14.3 Å². The molecule has 0 fully saturated rings. The molecule has 0 saturated heterocycles. The van der Waals surface area contributed by atoms with Crippen LogP contribution in [0.25, 0.3) is 0 Å². The molecule has 0 saturated carbocycles. The minimum Gasteiger partial charge on any atom is -0.427 e. The predicted molar refractivity (Wildman–Crippen MR) is 87.6 cm³/mol. The first-order valence-electron chi connectivity index (χ1n) is 7.42. The summed E-state index contributed by atoms with van der Waals surface area (Å²) in [7, 11) is 0. The van der Waals surface area contributed by atoms with Crippen molar-refractivity contribution in [1.29, 1.82) is 0 Å². The van der Waals surface area contributed by atoms with Gasteiger partial charge in [-0.3, -0.25) is 9.59 Å². The Morgan fingerprint density at radius 3 is 1.91 bits per heavy atom. The Labute approximate surface area is 135 Å². The number of carbonyl (C=O) groups excluding carboxylic acids is 2. The highest BCUT2D eigenvalue weighted by Gasteiger charge is 2.03. The summed E-state index contributed by atoms with van der Waals surface area (Å²) >= 11 is 0. The maximum absolute atomic E-state index is 11.4. The van der Waals surface area contributed by atoms with Gasteiger partial charge in [0.2, 0.25) is 0 Å². The van der Waals surface area contributed by atoms with Crippen molar-refractivity contribution in [2.45, 2.75) is 26.7 Å². The molecule has 0 aliphatic carbocycles. The summed E-state index contributed by atoms with van der Waals surface area (Å²) in [6.45, 7) is 3.44. The molecule has 2 aromatic rings. The van der Waals surface area contributed by atoms with E-state index in [2.05, 4.69) is 10.2 Å². The fourth-order valence-corrected chi connectivity index (χ4v) is 1.85. The Balaban J connectivity index is 1.99. The third-order valence-corrected chi connectivity index (χ3v) is 3.08. The lowest BCUT2D eigenvalue weighted by molar-refractivity contribution is -0.134. The van der Waals surface area contributed by atoms with Crippen LogP contribution in [-0.4, -0.2) is 11.8 Å². The fraction of sp³-hybridized carbons (Fsp3) is 0.222. The molecule has 0 radical (unpaired) electrons. The van der Waals surface area contributed by atoms with Gasteiger partial charge in [-0.05, 0) is 61.9 Å². The molecule has 118 valence electrons. The lowest BCUT2D eigenvalue weighted by Gasteiger charge is -2.02. The van der Waals surface area contributed by atoms with Crippen LogP contribution in [0.2, 0.25) is 0 Å². The highest BCUT2D eigenvalue weighted by molar-refractivity contribution is 5.94. The number of esters is 1. The smallest absolute Gasteiger partial charge is 0.311 e. The molecule has 23 heavy (non-hydrogen) atoms. The van der Waals surface area contributed by atoms with Crippen LogP contribution in [0.3, 0.4) is 0 Å². The van der Waals surface area contributed by atoms with Crippen molar-refractivity contribution in [3.63, 3.8) is 0 Å². The SMILES string of the molecule is CCCC(=O)Oc1ccc(N=Nc2ccc(C(C)=O)cc2)cc1. The molecular formula is C18H18N2O3. The topological polar surface area (TPSA) is 68.1 Å². The van der Waals surface area contributed by atoms with Crippen LogP contribution < -0.4 is 4.74 Å². The summed E-state index contributed by atoms with van der Waals surface area (Å²) in [6.07, 6.45) is 1.16. The molecule has 5 nitrogen and oxygen atoms in total. The normalized spacial score (nSPS) is 10.7. The van der Waals surface area contributed by atoms with E-state index in [0.29, 0.717) is 29.1 Å².